The molecular weight excluding hydrogens is 595 g/mol. The van der Waals surface area contributed by atoms with Crippen molar-refractivity contribution in [2.75, 3.05) is 6.61 Å². The fourth-order valence-corrected chi connectivity index (χ4v) is 5.90. The number of carbonyl (C=O) groups excluding carboxylic acids is 1. The van der Waals surface area contributed by atoms with Crippen molar-refractivity contribution in [3.63, 3.8) is 0 Å². The van der Waals surface area contributed by atoms with Gasteiger partial charge in [-0.3, -0.25) is 15.1 Å². The van der Waals surface area contributed by atoms with E-state index >= 15 is 0 Å². The van der Waals surface area contributed by atoms with Crippen LogP contribution < -0.4 is 0 Å². The van der Waals surface area contributed by atoms with Gasteiger partial charge in [0.2, 0.25) is 0 Å². The molecule has 0 saturated heterocycles. The lowest BCUT2D eigenvalue weighted by molar-refractivity contribution is -0.384. The van der Waals surface area contributed by atoms with Crippen molar-refractivity contribution in [1.82, 2.24) is 4.57 Å². The van der Waals surface area contributed by atoms with Gasteiger partial charge >= 0.3 is 5.97 Å². The summed E-state index contributed by atoms with van der Waals surface area (Å²) < 4.78 is 7.40. The maximum absolute atomic E-state index is 12.4. The smallest absolute Gasteiger partial charge is 0.338 e. The lowest BCUT2D eigenvalue weighted by atomic mass is 10.1. The SMILES string of the molecule is CCOC(=O)c1ccc(-n2c(-c3ccccc3)cc(C=Nc3ccc(Sc4ccc([N+](=O)[O-])cc4)cc3)c2-c2ccccc2)cc1. The van der Waals surface area contributed by atoms with Crippen LogP contribution in [0.2, 0.25) is 0 Å². The molecule has 1 aromatic heterocycles. The molecule has 7 nitrogen and oxygen atoms in total. The van der Waals surface area contributed by atoms with Crippen molar-refractivity contribution >= 4 is 35.3 Å². The molecule has 0 radical (unpaired) electrons. The van der Waals surface area contributed by atoms with Crippen LogP contribution in [0.15, 0.2) is 154 Å². The van der Waals surface area contributed by atoms with Crippen LogP contribution >= 0.6 is 11.8 Å². The molecule has 0 fully saturated rings. The van der Waals surface area contributed by atoms with E-state index in [2.05, 4.69) is 34.9 Å². The summed E-state index contributed by atoms with van der Waals surface area (Å²) in [5.41, 5.74) is 7.22. The average Bonchev–Trinajstić information content (AvgIpc) is 3.49. The van der Waals surface area contributed by atoms with E-state index < -0.39 is 4.92 Å². The number of hydrogen-bond donors (Lipinski definition) is 0. The summed E-state index contributed by atoms with van der Waals surface area (Å²) in [4.78, 5) is 29.7. The van der Waals surface area contributed by atoms with E-state index in [-0.39, 0.29) is 11.7 Å². The Bertz CT molecular complexity index is 1990. The fraction of sp³-hybridized carbons (Fsp3) is 0.0526. The topological polar surface area (TPSA) is 86.7 Å². The monoisotopic (exact) mass is 623 g/mol. The Morgan fingerprint density at radius 2 is 1.39 bits per heavy atom. The third kappa shape index (κ3) is 6.82. The molecular formula is C38H29N3O4S. The molecule has 0 atom stereocenters. The minimum atomic E-state index is -0.400. The zero-order chi connectivity index (χ0) is 31.9. The van der Waals surface area contributed by atoms with Gasteiger partial charge in [0.25, 0.3) is 5.69 Å². The second kappa shape index (κ2) is 13.9. The van der Waals surface area contributed by atoms with Crippen LogP contribution in [0, 0.1) is 10.1 Å². The molecule has 6 aromatic rings. The molecule has 0 amide bonds. The molecule has 0 unspecified atom stereocenters. The van der Waals surface area contributed by atoms with Gasteiger partial charge in [-0.05, 0) is 84.8 Å². The zero-order valence-corrected chi connectivity index (χ0v) is 25.8. The fourth-order valence-electron chi connectivity index (χ4n) is 5.09. The molecule has 0 bridgehead atoms. The molecule has 46 heavy (non-hydrogen) atoms. The Morgan fingerprint density at radius 1 is 0.804 bits per heavy atom. The minimum absolute atomic E-state index is 0.0712. The Labute approximate surface area is 271 Å². The quantitative estimate of drug-likeness (QED) is 0.0656. The molecule has 0 N–H and O–H groups in total. The van der Waals surface area contributed by atoms with Crippen LogP contribution in [-0.2, 0) is 4.74 Å². The first-order chi connectivity index (χ1) is 22.5. The molecule has 226 valence electrons. The number of ether oxygens (including phenoxy) is 1. The first-order valence-electron chi connectivity index (χ1n) is 14.7. The van der Waals surface area contributed by atoms with Gasteiger partial charge in [-0.25, -0.2) is 4.79 Å². The number of hydrogen-bond acceptors (Lipinski definition) is 6. The third-order valence-corrected chi connectivity index (χ3v) is 8.27. The number of aliphatic imine (C=N–C) groups is 1. The van der Waals surface area contributed by atoms with Crippen molar-refractivity contribution in [3.05, 3.63) is 161 Å². The molecule has 0 saturated carbocycles. The summed E-state index contributed by atoms with van der Waals surface area (Å²) in [5, 5.41) is 11.0. The first kappa shape index (κ1) is 30.3. The van der Waals surface area contributed by atoms with E-state index in [1.165, 1.54) is 23.9 Å². The zero-order valence-electron chi connectivity index (χ0n) is 24.9. The predicted molar refractivity (Wildman–Crippen MR) is 184 cm³/mol. The van der Waals surface area contributed by atoms with E-state index in [1.54, 1.807) is 31.2 Å². The average molecular weight is 624 g/mol. The molecule has 8 heteroatoms. The van der Waals surface area contributed by atoms with Gasteiger partial charge in [0.05, 0.1) is 34.2 Å². The number of esters is 1. The molecule has 6 rings (SSSR count). The molecule has 0 aliphatic heterocycles. The largest absolute Gasteiger partial charge is 0.462 e. The molecule has 5 aromatic carbocycles. The van der Waals surface area contributed by atoms with Crippen LogP contribution in [0.1, 0.15) is 22.8 Å². The summed E-state index contributed by atoms with van der Waals surface area (Å²) >= 11 is 1.53. The molecule has 0 aliphatic rings. The van der Waals surface area contributed by atoms with E-state index in [1.807, 2.05) is 79.0 Å². The van der Waals surface area contributed by atoms with E-state index in [4.69, 9.17) is 9.73 Å². The minimum Gasteiger partial charge on any atom is -0.462 e. The van der Waals surface area contributed by atoms with Gasteiger partial charge in [-0.1, -0.05) is 72.4 Å². The van der Waals surface area contributed by atoms with Crippen molar-refractivity contribution in [3.8, 4) is 28.2 Å². The van der Waals surface area contributed by atoms with Crippen molar-refractivity contribution in [2.45, 2.75) is 16.7 Å². The number of nitrogens with zero attached hydrogens (tertiary/aromatic N) is 3. The first-order valence-corrected chi connectivity index (χ1v) is 15.5. The Kier molecular flexibility index (Phi) is 9.17. The Hall–Kier alpha value is -5.73. The normalized spacial score (nSPS) is 11.1. The maximum atomic E-state index is 12.4. The lowest BCUT2D eigenvalue weighted by Crippen LogP contribution is -2.05. The van der Waals surface area contributed by atoms with Crippen LogP contribution in [0.4, 0.5) is 11.4 Å². The van der Waals surface area contributed by atoms with Gasteiger partial charge in [-0.2, -0.15) is 0 Å². The van der Waals surface area contributed by atoms with Crippen molar-refractivity contribution < 1.29 is 14.5 Å². The summed E-state index contributed by atoms with van der Waals surface area (Å²) in [6, 6.07) is 44.4. The highest BCUT2D eigenvalue weighted by Gasteiger charge is 2.19. The lowest BCUT2D eigenvalue weighted by Gasteiger charge is -2.15. The number of aromatic nitrogens is 1. The maximum Gasteiger partial charge on any atom is 0.338 e. The van der Waals surface area contributed by atoms with Crippen LogP contribution in [0.3, 0.4) is 0 Å². The predicted octanol–water partition coefficient (Wildman–Crippen LogP) is 9.80. The van der Waals surface area contributed by atoms with Gasteiger partial charge in [0, 0.05) is 39.4 Å². The summed E-state index contributed by atoms with van der Waals surface area (Å²) in [6.07, 6.45) is 1.89. The van der Waals surface area contributed by atoms with Crippen LogP contribution in [-0.4, -0.2) is 28.3 Å². The Morgan fingerprint density at radius 3 is 1.98 bits per heavy atom. The third-order valence-electron chi connectivity index (χ3n) is 7.26. The number of nitro groups is 1. The van der Waals surface area contributed by atoms with Crippen molar-refractivity contribution in [2.24, 2.45) is 4.99 Å². The molecule has 0 spiro atoms. The van der Waals surface area contributed by atoms with Crippen molar-refractivity contribution in [1.29, 1.82) is 0 Å². The second-order valence-electron chi connectivity index (χ2n) is 10.3. The van der Waals surface area contributed by atoms with Crippen LogP contribution in [0.25, 0.3) is 28.2 Å². The highest BCUT2D eigenvalue weighted by molar-refractivity contribution is 7.99. The number of rotatable bonds is 10. The molecule has 1 heterocycles. The van der Waals surface area contributed by atoms with Gasteiger partial charge in [-0.15, -0.1) is 0 Å². The highest BCUT2D eigenvalue weighted by Crippen LogP contribution is 2.36. The number of nitro benzene ring substituents is 1. The van der Waals surface area contributed by atoms with E-state index in [9.17, 15) is 14.9 Å². The second-order valence-corrected chi connectivity index (χ2v) is 11.4. The summed E-state index contributed by atoms with van der Waals surface area (Å²) in [6.45, 7) is 2.11. The van der Waals surface area contributed by atoms with E-state index in [0.29, 0.717) is 12.2 Å². The number of benzene rings is 5. The van der Waals surface area contributed by atoms with Gasteiger partial charge in [0.15, 0.2) is 0 Å². The number of carbonyl (C=O) groups is 1. The molecule has 0 aliphatic carbocycles. The standard InChI is InChI=1S/C38H29N3O4S/c1-2-45-38(42)29-13-17-32(18-14-29)40-36(27-9-5-3-6-10-27)25-30(37(40)28-11-7-4-8-12-28)26-39-31-15-21-34(22-16-31)46-35-23-19-33(20-24-35)41(43)44/h3-26H,2H2,1H3. The number of non-ortho nitro benzene ring substituents is 1. The van der Waals surface area contributed by atoms with E-state index in [0.717, 1.165) is 49.2 Å². The van der Waals surface area contributed by atoms with Gasteiger partial charge in [0.1, 0.15) is 0 Å². The summed E-state index contributed by atoms with van der Waals surface area (Å²) in [5.74, 6) is -0.349. The Balaban J connectivity index is 1.38. The highest BCUT2D eigenvalue weighted by atomic mass is 32.2. The summed E-state index contributed by atoms with van der Waals surface area (Å²) in [7, 11) is 0. The van der Waals surface area contributed by atoms with Crippen LogP contribution in [0.5, 0.6) is 0 Å². The van der Waals surface area contributed by atoms with Gasteiger partial charge < -0.3 is 9.30 Å².